The molecule has 7 heteroatoms. The van der Waals surface area contributed by atoms with Crippen LogP contribution in [0.4, 0.5) is 0 Å². The molecule has 0 aliphatic carbocycles. The minimum Gasteiger partial charge on any atom is -0.486 e. The number of carbonyl (C=O) groups excluding carboxylic acids is 1. The molecule has 3 rings (SSSR count). The van der Waals surface area contributed by atoms with Gasteiger partial charge in [-0.1, -0.05) is 15.9 Å². The van der Waals surface area contributed by atoms with Crippen LogP contribution in [0.5, 0.6) is 5.75 Å². The van der Waals surface area contributed by atoms with Crippen molar-refractivity contribution in [2.45, 2.75) is 19.6 Å². The van der Waals surface area contributed by atoms with Crippen molar-refractivity contribution in [3.05, 3.63) is 52.4 Å². The van der Waals surface area contributed by atoms with Gasteiger partial charge in [0.05, 0.1) is 0 Å². The summed E-state index contributed by atoms with van der Waals surface area (Å²) in [5, 5.41) is 3.32. The second-order valence-corrected chi connectivity index (χ2v) is 6.53. The Hall–Kier alpha value is -1.50. The summed E-state index contributed by atoms with van der Waals surface area (Å²) in [5.41, 5.74) is 0. The van der Waals surface area contributed by atoms with Crippen molar-refractivity contribution in [3.8, 4) is 5.75 Å². The molecule has 1 aromatic carbocycles. The lowest BCUT2D eigenvalue weighted by Crippen LogP contribution is -2.51. The van der Waals surface area contributed by atoms with Crippen molar-refractivity contribution in [2.75, 3.05) is 19.6 Å². The van der Waals surface area contributed by atoms with E-state index in [-0.39, 0.29) is 18.3 Å². The minimum absolute atomic E-state index is 0. The number of piperazine rings is 1. The summed E-state index contributed by atoms with van der Waals surface area (Å²) in [6.45, 7) is 4.58. The lowest BCUT2D eigenvalue weighted by Gasteiger charge is -2.31. The molecule has 1 atom stereocenters. The van der Waals surface area contributed by atoms with Crippen molar-refractivity contribution < 1.29 is 13.9 Å². The summed E-state index contributed by atoms with van der Waals surface area (Å²) in [7, 11) is 0. The second-order valence-electron chi connectivity index (χ2n) is 5.61. The Labute approximate surface area is 155 Å². The van der Waals surface area contributed by atoms with Gasteiger partial charge in [0.2, 0.25) is 0 Å². The minimum atomic E-state index is -0.0618. The maximum Gasteiger partial charge on any atom is 0.289 e. The zero-order valence-corrected chi connectivity index (χ0v) is 15.7. The van der Waals surface area contributed by atoms with Crippen LogP contribution >= 0.6 is 28.3 Å². The summed E-state index contributed by atoms with van der Waals surface area (Å²) in [4.78, 5) is 14.2. The fourth-order valence-electron chi connectivity index (χ4n) is 2.53. The lowest BCUT2D eigenvalue weighted by molar-refractivity contribution is 0.0673. The van der Waals surface area contributed by atoms with E-state index in [0.717, 1.165) is 16.8 Å². The zero-order chi connectivity index (χ0) is 16.2. The molecule has 1 fully saturated rings. The van der Waals surface area contributed by atoms with Crippen LogP contribution in [0.25, 0.3) is 0 Å². The summed E-state index contributed by atoms with van der Waals surface area (Å²) in [6, 6.07) is 11.4. The Kier molecular flexibility index (Phi) is 6.71. The Morgan fingerprint density at radius 1 is 1.33 bits per heavy atom. The van der Waals surface area contributed by atoms with Crippen LogP contribution in [0.2, 0.25) is 0 Å². The topological polar surface area (TPSA) is 54.7 Å². The zero-order valence-electron chi connectivity index (χ0n) is 13.3. The van der Waals surface area contributed by atoms with Crippen molar-refractivity contribution >= 4 is 34.2 Å². The number of furan rings is 1. The second kappa shape index (κ2) is 8.55. The van der Waals surface area contributed by atoms with Crippen LogP contribution < -0.4 is 10.1 Å². The molecular formula is C17H20BrClN2O3. The number of nitrogens with one attached hydrogen (secondary N) is 1. The first-order chi connectivity index (χ1) is 11.1. The monoisotopic (exact) mass is 414 g/mol. The summed E-state index contributed by atoms with van der Waals surface area (Å²) in [6.07, 6.45) is 0. The van der Waals surface area contributed by atoms with Gasteiger partial charge in [0.1, 0.15) is 18.1 Å². The van der Waals surface area contributed by atoms with Crippen molar-refractivity contribution in [1.82, 2.24) is 10.2 Å². The summed E-state index contributed by atoms with van der Waals surface area (Å²) >= 11 is 3.38. The third kappa shape index (κ3) is 4.75. The van der Waals surface area contributed by atoms with Gasteiger partial charge >= 0.3 is 0 Å². The van der Waals surface area contributed by atoms with Gasteiger partial charge in [0, 0.05) is 30.1 Å². The third-order valence-corrected chi connectivity index (χ3v) is 4.25. The number of carbonyl (C=O) groups is 1. The molecule has 1 saturated heterocycles. The number of halogens is 2. The number of ether oxygens (including phenoxy) is 1. The Morgan fingerprint density at radius 3 is 2.79 bits per heavy atom. The van der Waals surface area contributed by atoms with Crippen molar-refractivity contribution in [3.63, 3.8) is 0 Å². The van der Waals surface area contributed by atoms with Gasteiger partial charge in [0.25, 0.3) is 5.91 Å². The van der Waals surface area contributed by atoms with E-state index < -0.39 is 0 Å². The summed E-state index contributed by atoms with van der Waals surface area (Å²) in [5.74, 6) is 1.70. The largest absolute Gasteiger partial charge is 0.486 e. The van der Waals surface area contributed by atoms with Gasteiger partial charge in [0.15, 0.2) is 5.76 Å². The maximum absolute atomic E-state index is 12.4. The normalized spacial score (nSPS) is 17.2. The highest BCUT2D eigenvalue weighted by Gasteiger charge is 2.23. The van der Waals surface area contributed by atoms with Crippen LogP contribution in [0.3, 0.4) is 0 Å². The molecule has 0 radical (unpaired) electrons. The van der Waals surface area contributed by atoms with Crippen LogP contribution in [-0.4, -0.2) is 36.5 Å². The number of rotatable bonds is 4. The molecule has 0 bridgehead atoms. The van der Waals surface area contributed by atoms with E-state index in [1.165, 1.54) is 0 Å². The number of nitrogens with zero attached hydrogens (tertiary/aromatic N) is 1. The van der Waals surface area contributed by atoms with Crippen LogP contribution in [-0.2, 0) is 6.61 Å². The Bertz CT molecular complexity index is 675. The van der Waals surface area contributed by atoms with Gasteiger partial charge in [-0.15, -0.1) is 12.4 Å². The van der Waals surface area contributed by atoms with E-state index in [9.17, 15) is 4.79 Å². The van der Waals surface area contributed by atoms with Crippen molar-refractivity contribution in [1.29, 1.82) is 0 Å². The van der Waals surface area contributed by atoms with E-state index in [4.69, 9.17) is 9.15 Å². The van der Waals surface area contributed by atoms with Crippen LogP contribution in [0.1, 0.15) is 23.2 Å². The highest BCUT2D eigenvalue weighted by molar-refractivity contribution is 9.10. The van der Waals surface area contributed by atoms with Crippen LogP contribution in [0, 0.1) is 0 Å². The summed E-state index contributed by atoms with van der Waals surface area (Å²) < 4.78 is 12.3. The van der Waals surface area contributed by atoms with Gasteiger partial charge < -0.3 is 19.4 Å². The maximum atomic E-state index is 12.4. The highest BCUT2D eigenvalue weighted by Crippen LogP contribution is 2.18. The van der Waals surface area contributed by atoms with Crippen molar-refractivity contribution in [2.24, 2.45) is 0 Å². The fraction of sp³-hybridized carbons (Fsp3) is 0.353. The molecule has 1 N–H and O–H groups in total. The van der Waals surface area contributed by atoms with Gasteiger partial charge in [-0.05, 0) is 43.3 Å². The van der Waals surface area contributed by atoms with E-state index in [0.29, 0.717) is 37.3 Å². The lowest BCUT2D eigenvalue weighted by atomic mass is 10.2. The van der Waals surface area contributed by atoms with E-state index in [2.05, 4.69) is 28.2 Å². The molecule has 130 valence electrons. The van der Waals surface area contributed by atoms with E-state index >= 15 is 0 Å². The molecule has 0 saturated carbocycles. The third-order valence-electron chi connectivity index (χ3n) is 3.72. The molecule has 0 spiro atoms. The molecule has 1 amide bonds. The number of benzene rings is 1. The number of hydrogen-bond donors (Lipinski definition) is 1. The molecule has 1 aliphatic heterocycles. The van der Waals surface area contributed by atoms with E-state index in [1.54, 1.807) is 12.1 Å². The van der Waals surface area contributed by atoms with E-state index in [1.807, 2.05) is 29.2 Å². The first-order valence-corrected chi connectivity index (χ1v) is 8.41. The molecule has 1 aromatic heterocycles. The predicted octanol–water partition coefficient (Wildman–Crippen LogP) is 3.48. The average molecular weight is 416 g/mol. The number of amides is 1. The van der Waals surface area contributed by atoms with Crippen LogP contribution in [0.15, 0.2) is 45.3 Å². The average Bonchev–Trinajstić information content (AvgIpc) is 3.02. The fourth-order valence-corrected chi connectivity index (χ4v) is 2.79. The standard InChI is InChI=1S/C17H19BrN2O3.ClH/c1-12-10-20(9-8-19-12)17(21)16-7-6-15(23-16)11-22-14-4-2-13(18)3-5-14;/h2-7,12,19H,8-11H2,1H3;1H. The molecular weight excluding hydrogens is 396 g/mol. The first-order valence-electron chi connectivity index (χ1n) is 7.61. The highest BCUT2D eigenvalue weighted by atomic mass is 79.9. The van der Waals surface area contributed by atoms with Gasteiger partial charge in [-0.25, -0.2) is 0 Å². The Balaban J connectivity index is 0.00000208. The van der Waals surface area contributed by atoms with Gasteiger partial charge in [-0.2, -0.15) is 0 Å². The number of hydrogen-bond acceptors (Lipinski definition) is 4. The first kappa shape index (κ1) is 18.8. The molecule has 24 heavy (non-hydrogen) atoms. The molecule has 2 heterocycles. The predicted molar refractivity (Wildman–Crippen MR) is 97.8 cm³/mol. The molecule has 2 aromatic rings. The Morgan fingerprint density at radius 2 is 2.08 bits per heavy atom. The quantitative estimate of drug-likeness (QED) is 0.831. The van der Waals surface area contributed by atoms with Gasteiger partial charge in [-0.3, -0.25) is 4.79 Å². The SMILES string of the molecule is CC1CN(C(=O)c2ccc(COc3ccc(Br)cc3)o2)CCN1.Cl. The molecule has 1 unspecified atom stereocenters. The molecule has 5 nitrogen and oxygen atoms in total. The molecule has 1 aliphatic rings. The smallest absolute Gasteiger partial charge is 0.289 e.